The van der Waals surface area contributed by atoms with Gasteiger partial charge >= 0.3 is 0 Å². The second-order valence-corrected chi connectivity index (χ2v) is 7.43. The Balaban J connectivity index is 1.92. The standard InChI is InChI=1S/C15H23NO4S/c1-12(2)11-19-13-7-9-15(10-8-13)21(17,18)16-20-14-5-3-4-6-14/h7-10,12,14,16H,3-6,11H2,1-2H3. The number of nitrogens with one attached hydrogen (secondary N) is 1. The van der Waals surface area contributed by atoms with E-state index in [9.17, 15) is 8.42 Å². The summed E-state index contributed by atoms with van der Waals surface area (Å²) < 4.78 is 29.7. The minimum absolute atomic E-state index is 0.00609. The molecule has 1 saturated carbocycles. The Labute approximate surface area is 126 Å². The average molecular weight is 313 g/mol. The Hall–Kier alpha value is -1.11. The molecule has 1 aromatic carbocycles. The van der Waals surface area contributed by atoms with Gasteiger partial charge in [-0.3, -0.25) is 4.84 Å². The van der Waals surface area contributed by atoms with Crippen LogP contribution in [0.5, 0.6) is 5.75 Å². The van der Waals surface area contributed by atoms with Crippen molar-refractivity contribution in [2.45, 2.75) is 50.5 Å². The highest BCUT2D eigenvalue weighted by molar-refractivity contribution is 7.89. The zero-order valence-corrected chi connectivity index (χ0v) is 13.4. The summed E-state index contributed by atoms with van der Waals surface area (Å²) in [5.41, 5.74) is 0. The second-order valence-electron chi connectivity index (χ2n) is 5.79. The lowest BCUT2D eigenvalue weighted by Crippen LogP contribution is -2.28. The maximum absolute atomic E-state index is 12.1. The van der Waals surface area contributed by atoms with Gasteiger partial charge in [0.25, 0.3) is 10.0 Å². The van der Waals surface area contributed by atoms with Gasteiger partial charge in [0.1, 0.15) is 5.75 Å². The van der Waals surface area contributed by atoms with Crippen molar-refractivity contribution in [1.29, 1.82) is 0 Å². The van der Waals surface area contributed by atoms with Crippen LogP contribution in [0, 0.1) is 5.92 Å². The number of rotatable bonds is 7. The van der Waals surface area contributed by atoms with E-state index >= 15 is 0 Å². The third-order valence-corrected chi connectivity index (χ3v) is 4.55. The van der Waals surface area contributed by atoms with Gasteiger partial charge in [-0.2, -0.15) is 0 Å². The maximum atomic E-state index is 12.1. The predicted molar refractivity (Wildman–Crippen MR) is 80.4 cm³/mol. The van der Waals surface area contributed by atoms with Crippen LogP contribution in [0.1, 0.15) is 39.5 Å². The molecule has 0 amide bonds. The van der Waals surface area contributed by atoms with Gasteiger partial charge in [-0.1, -0.05) is 31.6 Å². The summed E-state index contributed by atoms with van der Waals surface area (Å²) in [7, 11) is -3.62. The molecule has 0 radical (unpaired) electrons. The lowest BCUT2D eigenvalue weighted by molar-refractivity contribution is 0.0223. The number of hydrogen-bond donors (Lipinski definition) is 1. The smallest absolute Gasteiger partial charge is 0.262 e. The molecule has 1 aliphatic rings. The first kappa shape index (κ1) is 16.3. The Morgan fingerprint density at radius 1 is 1.19 bits per heavy atom. The lowest BCUT2D eigenvalue weighted by Gasteiger charge is -2.13. The van der Waals surface area contributed by atoms with E-state index in [-0.39, 0.29) is 11.0 Å². The first-order chi connectivity index (χ1) is 9.97. The highest BCUT2D eigenvalue weighted by atomic mass is 32.2. The maximum Gasteiger partial charge on any atom is 0.262 e. The van der Waals surface area contributed by atoms with Crippen LogP contribution in [0.15, 0.2) is 29.2 Å². The highest BCUT2D eigenvalue weighted by Crippen LogP contribution is 2.21. The summed E-state index contributed by atoms with van der Waals surface area (Å²) in [6, 6.07) is 6.37. The summed E-state index contributed by atoms with van der Waals surface area (Å²) in [4.78, 5) is 7.66. The van der Waals surface area contributed by atoms with Crippen LogP contribution in [-0.4, -0.2) is 21.1 Å². The van der Waals surface area contributed by atoms with Crippen molar-refractivity contribution >= 4 is 10.0 Å². The quantitative estimate of drug-likeness (QED) is 0.786. The normalized spacial score (nSPS) is 16.5. The molecule has 0 aromatic heterocycles. The van der Waals surface area contributed by atoms with Crippen molar-refractivity contribution in [1.82, 2.24) is 4.89 Å². The van der Waals surface area contributed by atoms with Gasteiger partial charge in [0, 0.05) is 0 Å². The molecule has 1 aromatic rings. The van der Waals surface area contributed by atoms with Gasteiger partial charge < -0.3 is 4.74 Å². The second kappa shape index (κ2) is 7.24. The molecule has 21 heavy (non-hydrogen) atoms. The SMILES string of the molecule is CC(C)COc1ccc(S(=O)(=O)NOC2CCCC2)cc1. The van der Waals surface area contributed by atoms with Crippen LogP contribution >= 0.6 is 0 Å². The van der Waals surface area contributed by atoms with Crippen molar-refractivity contribution in [3.63, 3.8) is 0 Å². The number of ether oxygens (including phenoxy) is 1. The molecule has 0 saturated heterocycles. The van der Waals surface area contributed by atoms with E-state index in [2.05, 4.69) is 18.7 Å². The molecule has 0 heterocycles. The van der Waals surface area contributed by atoms with E-state index in [1.54, 1.807) is 12.1 Å². The molecule has 0 aliphatic heterocycles. The van der Waals surface area contributed by atoms with Gasteiger partial charge in [-0.25, -0.2) is 8.42 Å². The molecule has 0 spiro atoms. The van der Waals surface area contributed by atoms with Crippen LogP contribution in [0.2, 0.25) is 0 Å². The van der Waals surface area contributed by atoms with Crippen LogP contribution in [0.4, 0.5) is 0 Å². The fourth-order valence-electron chi connectivity index (χ4n) is 2.16. The number of benzene rings is 1. The molecule has 6 heteroatoms. The monoisotopic (exact) mass is 313 g/mol. The van der Waals surface area contributed by atoms with Crippen molar-refractivity contribution in [3.8, 4) is 5.75 Å². The summed E-state index contributed by atoms with van der Waals surface area (Å²) in [6.45, 7) is 4.72. The third kappa shape index (κ3) is 4.98. The molecule has 2 rings (SSSR count). The fraction of sp³-hybridized carbons (Fsp3) is 0.600. The summed E-state index contributed by atoms with van der Waals surface area (Å²) in [6.07, 6.45) is 3.99. The molecule has 0 unspecified atom stereocenters. The van der Waals surface area contributed by atoms with Crippen molar-refractivity contribution in [2.75, 3.05) is 6.61 Å². The van der Waals surface area contributed by atoms with Crippen LogP contribution in [-0.2, 0) is 14.9 Å². The topological polar surface area (TPSA) is 64.6 Å². The zero-order chi connectivity index (χ0) is 15.3. The van der Waals surface area contributed by atoms with Crippen LogP contribution in [0.3, 0.4) is 0 Å². The zero-order valence-electron chi connectivity index (χ0n) is 12.5. The Morgan fingerprint density at radius 2 is 1.81 bits per heavy atom. The molecule has 118 valence electrons. The predicted octanol–water partition coefficient (Wildman–Crippen LogP) is 2.87. The first-order valence-corrected chi connectivity index (χ1v) is 8.86. The summed E-state index contributed by atoms with van der Waals surface area (Å²) in [5, 5.41) is 0. The average Bonchev–Trinajstić information content (AvgIpc) is 2.97. The van der Waals surface area contributed by atoms with Crippen molar-refractivity contribution in [3.05, 3.63) is 24.3 Å². The number of sulfonamides is 1. The highest BCUT2D eigenvalue weighted by Gasteiger charge is 2.20. The minimum Gasteiger partial charge on any atom is -0.493 e. The largest absolute Gasteiger partial charge is 0.493 e. The van der Waals surface area contributed by atoms with Gasteiger partial charge in [-0.15, -0.1) is 0 Å². The van der Waals surface area contributed by atoms with E-state index < -0.39 is 10.0 Å². The molecule has 0 atom stereocenters. The van der Waals surface area contributed by atoms with Gasteiger partial charge in [0.15, 0.2) is 0 Å². The third-order valence-electron chi connectivity index (χ3n) is 3.34. The van der Waals surface area contributed by atoms with E-state index in [4.69, 9.17) is 9.57 Å². The Bertz CT molecular complexity index is 533. The van der Waals surface area contributed by atoms with E-state index in [1.165, 1.54) is 12.1 Å². The molecular weight excluding hydrogens is 290 g/mol. The molecular formula is C15H23NO4S. The first-order valence-electron chi connectivity index (χ1n) is 7.38. The van der Waals surface area contributed by atoms with E-state index in [1.807, 2.05) is 0 Å². The fourth-order valence-corrected chi connectivity index (χ4v) is 3.02. The Kier molecular flexibility index (Phi) is 5.61. The summed E-state index contributed by atoms with van der Waals surface area (Å²) >= 11 is 0. The van der Waals surface area contributed by atoms with E-state index in [0.29, 0.717) is 18.3 Å². The van der Waals surface area contributed by atoms with Gasteiger partial charge in [0.05, 0.1) is 17.6 Å². The lowest BCUT2D eigenvalue weighted by atomic mass is 10.2. The van der Waals surface area contributed by atoms with E-state index in [0.717, 1.165) is 25.7 Å². The van der Waals surface area contributed by atoms with Gasteiger partial charge in [-0.05, 0) is 43.0 Å². The van der Waals surface area contributed by atoms with Crippen LogP contribution < -0.4 is 9.62 Å². The molecule has 0 bridgehead atoms. The molecule has 1 aliphatic carbocycles. The summed E-state index contributed by atoms with van der Waals surface area (Å²) in [5.74, 6) is 1.09. The van der Waals surface area contributed by atoms with Crippen molar-refractivity contribution < 1.29 is 18.0 Å². The van der Waals surface area contributed by atoms with Crippen molar-refractivity contribution in [2.24, 2.45) is 5.92 Å². The minimum atomic E-state index is -3.62. The number of hydrogen-bond acceptors (Lipinski definition) is 4. The molecule has 1 N–H and O–H groups in total. The van der Waals surface area contributed by atoms with Crippen LogP contribution in [0.25, 0.3) is 0 Å². The molecule has 5 nitrogen and oxygen atoms in total. The van der Waals surface area contributed by atoms with Gasteiger partial charge in [0.2, 0.25) is 0 Å². The Morgan fingerprint density at radius 3 is 2.38 bits per heavy atom. The molecule has 1 fully saturated rings.